The topological polar surface area (TPSA) is 38.3 Å². The molecule has 1 unspecified atom stereocenters. The summed E-state index contributed by atoms with van der Waals surface area (Å²) in [6.07, 6.45) is 4.76. The Morgan fingerprint density at radius 1 is 1.67 bits per heavy atom. The number of carbonyl (C=O) groups is 1. The lowest BCUT2D eigenvalue weighted by Crippen LogP contribution is -2.33. The van der Waals surface area contributed by atoms with E-state index in [-0.39, 0.29) is 6.09 Å². The molecule has 0 saturated carbocycles. The summed E-state index contributed by atoms with van der Waals surface area (Å²) < 4.78 is 4.98. The molecule has 1 heterocycles. The Kier molecular flexibility index (Phi) is 1.64. The van der Waals surface area contributed by atoms with Crippen molar-refractivity contribution in [1.82, 2.24) is 5.32 Å². The second kappa shape index (κ2) is 2.66. The fraction of sp³-hybridized carbons (Fsp3) is 0.444. The molecule has 0 aromatic rings. The molecule has 2 rings (SSSR count). The van der Waals surface area contributed by atoms with Crippen molar-refractivity contribution in [3.8, 4) is 0 Å². The van der Waals surface area contributed by atoms with Crippen molar-refractivity contribution in [3.05, 3.63) is 23.5 Å². The highest BCUT2D eigenvalue weighted by Crippen LogP contribution is 2.25. The Bertz CT molecular complexity index is 278. The number of fused-ring (bicyclic) bond motifs is 1. The lowest BCUT2D eigenvalue weighted by Gasteiger charge is -2.23. The standard InChI is InChI=1S/C9H11NO2/c1-6-2-3-8-7(4-6)5-10-9(11)12-8/h3-4,6H,2,5H2,1H3,(H,10,11). The Labute approximate surface area is 71.1 Å². The van der Waals surface area contributed by atoms with Crippen LogP contribution in [-0.4, -0.2) is 12.6 Å². The summed E-state index contributed by atoms with van der Waals surface area (Å²) in [6, 6.07) is 0. The van der Waals surface area contributed by atoms with E-state index in [4.69, 9.17) is 4.74 Å². The molecule has 1 amide bonds. The van der Waals surface area contributed by atoms with Crippen molar-refractivity contribution in [1.29, 1.82) is 0 Å². The fourth-order valence-corrected chi connectivity index (χ4v) is 1.47. The lowest BCUT2D eigenvalue weighted by atomic mass is 9.96. The number of carbonyl (C=O) groups excluding carboxylic acids is 1. The molecule has 0 spiro atoms. The highest BCUT2D eigenvalue weighted by atomic mass is 16.6. The summed E-state index contributed by atoms with van der Waals surface area (Å²) in [6.45, 7) is 2.76. The van der Waals surface area contributed by atoms with Crippen LogP contribution in [0, 0.1) is 5.92 Å². The van der Waals surface area contributed by atoms with Gasteiger partial charge in [-0.1, -0.05) is 13.0 Å². The number of hydrogen-bond acceptors (Lipinski definition) is 2. The monoisotopic (exact) mass is 165 g/mol. The van der Waals surface area contributed by atoms with Gasteiger partial charge in [-0.3, -0.25) is 0 Å². The van der Waals surface area contributed by atoms with Gasteiger partial charge in [0.25, 0.3) is 0 Å². The minimum Gasteiger partial charge on any atom is -0.410 e. The smallest absolute Gasteiger partial charge is 0.410 e. The highest BCUT2D eigenvalue weighted by Gasteiger charge is 2.21. The average Bonchev–Trinajstić information content (AvgIpc) is 2.05. The lowest BCUT2D eigenvalue weighted by molar-refractivity contribution is 0.170. The first kappa shape index (κ1) is 7.40. The van der Waals surface area contributed by atoms with Crippen molar-refractivity contribution in [3.63, 3.8) is 0 Å². The SMILES string of the molecule is CC1C=C2CNC(=O)OC2=CC1. The summed E-state index contributed by atoms with van der Waals surface area (Å²) in [5, 5.41) is 2.63. The van der Waals surface area contributed by atoms with E-state index in [1.54, 1.807) is 0 Å². The van der Waals surface area contributed by atoms with Gasteiger partial charge in [0.1, 0.15) is 5.76 Å². The van der Waals surface area contributed by atoms with E-state index in [0.717, 1.165) is 17.8 Å². The molecule has 3 nitrogen and oxygen atoms in total. The molecule has 64 valence electrons. The zero-order valence-electron chi connectivity index (χ0n) is 6.96. The molecule has 1 saturated heterocycles. The molecule has 0 aromatic heterocycles. The highest BCUT2D eigenvalue weighted by molar-refractivity contribution is 5.72. The molecule has 1 fully saturated rings. The number of nitrogens with one attached hydrogen (secondary N) is 1. The molecule has 12 heavy (non-hydrogen) atoms. The predicted molar refractivity (Wildman–Crippen MR) is 44.4 cm³/mol. The van der Waals surface area contributed by atoms with Crippen molar-refractivity contribution >= 4 is 6.09 Å². The van der Waals surface area contributed by atoms with Crippen molar-refractivity contribution < 1.29 is 9.53 Å². The molecule has 1 aliphatic heterocycles. The molecule has 3 heteroatoms. The van der Waals surface area contributed by atoms with Gasteiger partial charge in [-0.15, -0.1) is 0 Å². The third-order valence-corrected chi connectivity index (χ3v) is 2.10. The molecular weight excluding hydrogens is 154 g/mol. The Morgan fingerprint density at radius 2 is 2.50 bits per heavy atom. The maximum absolute atomic E-state index is 10.8. The zero-order valence-corrected chi connectivity index (χ0v) is 6.96. The maximum Gasteiger partial charge on any atom is 0.412 e. The molecule has 2 aliphatic rings. The van der Waals surface area contributed by atoms with Crippen LogP contribution in [0.1, 0.15) is 13.3 Å². The van der Waals surface area contributed by atoms with Gasteiger partial charge < -0.3 is 10.1 Å². The van der Waals surface area contributed by atoms with Crippen LogP contribution in [-0.2, 0) is 4.74 Å². The number of allylic oxidation sites excluding steroid dienone is 2. The van der Waals surface area contributed by atoms with Crippen LogP contribution in [0.3, 0.4) is 0 Å². The fourth-order valence-electron chi connectivity index (χ4n) is 1.47. The van der Waals surface area contributed by atoms with E-state index in [0.29, 0.717) is 12.5 Å². The van der Waals surface area contributed by atoms with Crippen LogP contribution >= 0.6 is 0 Å². The summed E-state index contributed by atoms with van der Waals surface area (Å²) in [4.78, 5) is 10.8. The number of rotatable bonds is 0. The van der Waals surface area contributed by atoms with Gasteiger partial charge in [0.2, 0.25) is 0 Å². The van der Waals surface area contributed by atoms with E-state index >= 15 is 0 Å². The molecule has 0 radical (unpaired) electrons. The van der Waals surface area contributed by atoms with Gasteiger partial charge in [0.05, 0.1) is 0 Å². The Morgan fingerprint density at radius 3 is 3.33 bits per heavy atom. The van der Waals surface area contributed by atoms with Crippen LogP contribution < -0.4 is 5.32 Å². The molecule has 0 aromatic carbocycles. The summed E-state index contributed by atoms with van der Waals surface area (Å²) in [7, 11) is 0. The third kappa shape index (κ3) is 1.22. The Balaban J connectivity index is 2.22. The van der Waals surface area contributed by atoms with Gasteiger partial charge in [0.15, 0.2) is 0 Å². The quantitative estimate of drug-likeness (QED) is 0.591. The molecule has 0 bridgehead atoms. The van der Waals surface area contributed by atoms with Gasteiger partial charge in [-0.25, -0.2) is 4.79 Å². The van der Waals surface area contributed by atoms with Crippen LogP contribution in [0.2, 0.25) is 0 Å². The number of ether oxygens (including phenoxy) is 1. The summed E-state index contributed by atoms with van der Waals surface area (Å²) >= 11 is 0. The Hall–Kier alpha value is -1.25. The first-order valence-corrected chi connectivity index (χ1v) is 4.12. The largest absolute Gasteiger partial charge is 0.412 e. The van der Waals surface area contributed by atoms with Crippen LogP contribution in [0.25, 0.3) is 0 Å². The van der Waals surface area contributed by atoms with Crippen molar-refractivity contribution in [2.45, 2.75) is 13.3 Å². The van der Waals surface area contributed by atoms with E-state index in [9.17, 15) is 4.79 Å². The van der Waals surface area contributed by atoms with Crippen molar-refractivity contribution in [2.75, 3.05) is 6.54 Å². The molecule has 1 atom stereocenters. The first-order chi connectivity index (χ1) is 5.75. The van der Waals surface area contributed by atoms with Crippen LogP contribution in [0.4, 0.5) is 4.79 Å². The van der Waals surface area contributed by atoms with E-state index in [2.05, 4.69) is 18.3 Å². The van der Waals surface area contributed by atoms with Crippen LogP contribution in [0.5, 0.6) is 0 Å². The van der Waals surface area contributed by atoms with E-state index in [1.165, 1.54) is 0 Å². The number of amides is 1. The predicted octanol–water partition coefficient (Wildman–Crippen LogP) is 1.58. The molecule has 1 aliphatic carbocycles. The van der Waals surface area contributed by atoms with Crippen LogP contribution in [0.15, 0.2) is 23.5 Å². The normalized spacial score (nSPS) is 27.8. The first-order valence-electron chi connectivity index (χ1n) is 4.12. The van der Waals surface area contributed by atoms with Gasteiger partial charge >= 0.3 is 6.09 Å². The summed E-state index contributed by atoms with van der Waals surface area (Å²) in [5.74, 6) is 1.30. The number of hydrogen-bond donors (Lipinski definition) is 1. The minimum atomic E-state index is -0.340. The average molecular weight is 165 g/mol. The number of alkyl carbamates (subject to hydrolysis) is 1. The maximum atomic E-state index is 10.8. The second-order valence-corrected chi connectivity index (χ2v) is 3.22. The minimum absolute atomic E-state index is 0.340. The third-order valence-electron chi connectivity index (χ3n) is 2.10. The molecular formula is C9H11NO2. The van der Waals surface area contributed by atoms with E-state index < -0.39 is 0 Å². The van der Waals surface area contributed by atoms with Gasteiger partial charge in [-0.05, 0) is 18.4 Å². The zero-order chi connectivity index (χ0) is 8.55. The van der Waals surface area contributed by atoms with Crippen molar-refractivity contribution in [2.24, 2.45) is 5.92 Å². The van der Waals surface area contributed by atoms with Gasteiger partial charge in [-0.2, -0.15) is 0 Å². The van der Waals surface area contributed by atoms with Gasteiger partial charge in [0, 0.05) is 12.1 Å². The van der Waals surface area contributed by atoms with E-state index in [1.807, 2.05) is 6.08 Å². The molecule has 1 N–H and O–H groups in total. The summed E-state index contributed by atoms with van der Waals surface area (Å²) in [5.41, 5.74) is 1.10. The second-order valence-electron chi connectivity index (χ2n) is 3.22.